The lowest BCUT2D eigenvalue weighted by Gasteiger charge is -2.21. The van der Waals surface area contributed by atoms with Crippen molar-refractivity contribution in [2.24, 2.45) is 0 Å². The third kappa shape index (κ3) is 3.27. The normalized spacial score (nSPS) is 13.1. The van der Waals surface area contributed by atoms with Crippen LogP contribution in [0.3, 0.4) is 0 Å². The van der Waals surface area contributed by atoms with Gasteiger partial charge in [-0.15, -0.1) is 0 Å². The van der Waals surface area contributed by atoms with Crippen LogP contribution in [0.5, 0.6) is 0 Å². The zero-order valence-corrected chi connectivity index (χ0v) is 10.1. The summed E-state index contributed by atoms with van der Waals surface area (Å²) in [6.07, 6.45) is 2.06. The molecule has 1 N–H and O–H groups in total. The average Bonchev–Trinajstić information content (AvgIpc) is 2.29. The molecule has 16 heavy (non-hydrogen) atoms. The van der Waals surface area contributed by atoms with E-state index < -0.39 is 11.6 Å². The zero-order valence-electron chi connectivity index (χ0n) is 10.1. The van der Waals surface area contributed by atoms with E-state index in [0.29, 0.717) is 6.04 Å². The molecule has 1 unspecified atom stereocenters. The Kier molecular flexibility index (Phi) is 4.87. The van der Waals surface area contributed by atoms with Gasteiger partial charge in [-0.2, -0.15) is 0 Å². The summed E-state index contributed by atoms with van der Waals surface area (Å²) >= 11 is 0. The molecule has 0 aliphatic rings. The molecule has 0 radical (unpaired) electrons. The third-order valence-corrected chi connectivity index (χ3v) is 2.91. The van der Waals surface area contributed by atoms with Gasteiger partial charge < -0.3 is 5.32 Å². The van der Waals surface area contributed by atoms with Crippen LogP contribution in [0.2, 0.25) is 0 Å². The molecule has 1 atom stereocenters. The molecule has 1 aromatic rings. The van der Waals surface area contributed by atoms with E-state index in [0.717, 1.165) is 18.4 Å². The minimum Gasteiger partial charge on any atom is -0.307 e. The molecule has 0 saturated heterocycles. The maximum atomic E-state index is 13.0. The Hall–Kier alpha value is -0.960. The molecule has 1 aromatic carbocycles. The standard InChI is InChI=1S/C13H19F2N/c1-4-11(5-2)16-9(3)10-6-7-12(14)13(15)8-10/h6-9,11,16H,4-5H2,1-3H3. The Morgan fingerprint density at radius 1 is 1.12 bits per heavy atom. The zero-order chi connectivity index (χ0) is 12.1. The van der Waals surface area contributed by atoms with Gasteiger partial charge in [-0.1, -0.05) is 19.9 Å². The van der Waals surface area contributed by atoms with Crippen molar-refractivity contribution in [1.82, 2.24) is 5.32 Å². The first kappa shape index (κ1) is 13.1. The third-order valence-electron chi connectivity index (χ3n) is 2.91. The highest BCUT2D eigenvalue weighted by atomic mass is 19.2. The molecule has 0 aromatic heterocycles. The van der Waals surface area contributed by atoms with E-state index in [9.17, 15) is 8.78 Å². The van der Waals surface area contributed by atoms with Crippen LogP contribution in [0.15, 0.2) is 18.2 Å². The molecule has 0 heterocycles. The van der Waals surface area contributed by atoms with E-state index in [1.807, 2.05) is 6.92 Å². The molecule has 0 amide bonds. The summed E-state index contributed by atoms with van der Waals surface area (Å²) in [4.78, 5) is 0. The lowest BCUT2D eigenvalue weighted by molar-refractivity contribution is 0.429. The van der Waals surface area contributed by atoms with Crippen LogP contribution < -0.4 is 5.32 Å². The number of benzene rings is 1. The van der Waals surface area contributed by atoms with E-state index in [-0.39, 0.29) is 6.04 Å². The molecule has 0 aliphatic carbocycles. The van der Waals surface area contributed by atoms with E-state index >= 15 is 0 Å². The number of rotatable bonds is 5. The van der Waals surface area contributed by atoms with Crippen LogP contribution in [-0.4, -0.2) is 6.04 Å². The molecular formula is C13H19F2N. The fourth-order valence-electron chi connectivity index (χ4n) is 1.76. The van der Waals surface area contributed by atoms with Gasteiger partial charge in [-0.25, -0.2) is 8.78 Å². The first-order chi connectivity index (χ1) is 7.58. The molecule has 0 saturated carbocycles. The highest BCUT2D eigenvalue weighted by Crippen LogP contribution is 2.17. The Morgan fingerprint density at radius 2 is 1.75 bits per heavy atom. The second-order valence-corrected chi connectivity index (χ2v) is 4.08. The number of hydrogen-bond acceptors (Lipinski definition) is 1. The second-order valence-electron chi connectivity index (χ2n) is 4.08. The fraction of sp³-hybridized carbons (Fsp3) is 0.538. The van der Waals surface area contributed by atoms with Gasteiger partial charge in [-0.05, 0) is 37.5 Å². The van der Waals surface area contributed by atoms with Gasteiger partial charge in [0.05, 0.1) is 0 Å². The molecule has 1 rings (SSSR count). The lowest BCUT2D eigenvalue weighted by Crippen LogP contribution is -2.30. The minimum absolute atomic E-state index is 0.0417. The van der Waals surface area contributed by atoms with Crippen LogP contribution in [0.1, 0.15) is 45.2 Å². The van der Waals surface area contributed by atoms with Gasteiger partial charge in [0.1, 0.15) is 0 Å². The summed E-state index contributed by atoms with van der Waals surface area (Å²) in [5, 5.41) is 3.39. The Labute approximate surface area is 95.9 Å². The van der Waals surface area contributed by atoms with E-state index in [1.54, 1.807) is 6.07 Å². The highest BCUT2D eigenvalue weighted by Gasteiger charge is 2.12. The van der Waals surface area contributed by atoms with E-state index in [1.165, 1.54) is 12.1 Å². The van der Waals surface area contributed by atoms with Gasteiger partial charge in [0.2, 0.25) is 0 Å². The largest absolute Gasteiger partial charge is 0.307 e. The van der Waals surface area contributed by atoms with Crippen molar-refractivity contribution in [3.8, 4) is 0 Å². The van der Waals surface area contributed by atoms with E-state index in [4.69, 9.17) is 0 Å². The van der Waals surface area contributed by atoms with Crippen molar-refractivity contribution in [3.05, 3.63) is 35.4 Å². The SMILES string of the molecule is CCC(CC)NC(C)c1ccc(F)c(F)c1. The number of halogens is 2. The monoisotopic (exact) mass is 227 g/mol. The predicted molar refractivity (Wildman–Crippen MR) is 62.3 cm³/mol. The highest BCUT2D eigenvalue weighted by molar-refractivity contribution is 5.20. The van der Waals surface area contributed by atoms with Crippen molar-refractivity contribution in [1.29, 1.82) is 0 Å². The Morgan fingerprint density at radius 3 is 2.25 bits per heavy atom. The maximum Gasteiger partial charge on any atom is 0.159 e. The minimum atomic E-state index is -0.793. The maximum absolute atomic E-state index is 13.0. The molecule has 0 spiro atoms. The van der Waals surface area contributed by atoms with E-state index in [2.05, 4.69) is 19.2 Å². The summed E-state index contributed by atoms with van der Waals surface area (Å²) in [5.41, 5.74) is 0.783. The van der Waals surface area contributed by atoms with Gasteiger partial charge in [0, 0.05) is 12.1 Å². The molecular weight excluding hydrogens is 208 g/mol. The molecule has 0 aliphatic heterocycles. The molecule has 90 valence electrons. The summed E-state index contributed by atoms with van der Waals surface area (Å²) in [5.74, 6) is -1.57. The van der Waals surface area contributed by atoms with Crippen molar-refractivity contribution >= 4 is 0 Å². The average molecular weight is 227 g/mol. The van der Waals surface area contributed by atoms with Gasteiger partial charge in [-0.3, -0.25) is 0 Å². The second kappa shape index (κ2) is 5.94. The Balaban J connectivity index is 2.72. The summed E-state index contributed by atoms with van der Waals surface area (Å²) in [6.45, 7) is 6.18. The molecule has 0 bridgehead atoms. The number of hydrogen-bond donors (Lipinski definition) is 1. The van der Waals surface area contributed by atoms with Crippen molar-refractivity contribution in [2.45, 2.75) is 45.7 Å². The first-order valence-electron chi connectivity index (χ1n) is 5.79. The summed E-state index contributed by atoms with van der Waals surface area (Å²) in [7, 11) is 0. The first-order valence-corrected chi connectivity index (χ1v) is 5.79. The summed E-state index contributed by atoms with van der Waals surface area (Å²) in [6, 6.07) is 4.52. The van der Waals surface area contributed by atoms with Crippen molar-refractivity contribution < 1.29 is 8.78 Å². The van der Waals surface area contributed by atoms with Crippen molar-refractivity contribution in [2.75, 3.05) is 0 Å². The summed E-state index contributed by atoms with van der Waals surface area (Å²) < 4.78 is 25.8. The molecule has 3 heteroatoms. The predicted octanol–water partition coefficient (Wildman–Crippen LogP) is 3.80. The Bertz CT molecular complexity index is 335. The van der Waals surface area contributed by atoms with Crippen LogP contribution in [0, 0.1) is 11.6 Å². The quantitative estimate of drug-likeness (QED) is 0.806. The van der Waals surface area contributed by atoms with Crippen LogP contribution in [0.4, 0.5) is 8.78 Å². The molecule has 0 fully saturated rings. The topological polar surface area (TPSA) is 12.0 Å². The van der Waals surface area contributed by atoms with Gasteiger partial charge in [0.25, 0.3) is 0 Å². The smallest absolute Gasteiger partial charge is 0.159 e. The van der Waals surface area contributed by atoms with Gasteiger partial charge >= 0.3 is 0 Å². The lowest BCUT2D eigenvalue weighted by atomic mass is 10.1. The van der Waals surface area contributed by atoms with Crippen LogP contribution in [-0.2, 0) is 0 Å². The van der Waals surface area contributed by atoms with Crippen molar-refractivity contribution in [3.63, 3.8) is 0 Å². The van der Waals surface area contributed by atoms with Crippen LogP contribution >= 0.6 is 0 Å². The number of nitrogens with one attached hydrogen (secondary N) is 1. The van der Waals surface area contributed by atoms with Gasteiger partial charge in [0.15, 0.2) is 11.6 Å². The van der Waals surface area contributed by atoms with Crippen LogP contribution in [0.25, 0.3) is 0 Å². The fourth-order valence-corrected chi connectivity index (χ4v) is 1.76. The molecule has 1 nitrogen and oxygen atoms in total.